The van der Waals surface area contributed by atoms with Gasteiger partial charge in [0.15, 0.2) is 54.4 Å². The topological polar surface area (TPSA) is 290 Å². The second kappa shape index (κ2) is 40.1. The van der Waals surface area contributed by atoms with Crippen LogP contribution in [-0.2, 0) is 53.6 Å². The van der Waals surface area contributed by atoms with E-state index in [4.69, 9.17) is 19.9 Å². The molecule has 5 N–H and O–H groups in total. The molecule has 3 unspecified atom stereocenters. The number of carbonyl (C=O) groups excluding carboxylic acids is 5. The van der Waals surface area contributed by atoms with Crippen LogP contribution < -0.4 is 35.3 Å². The van der Waals surface area contributed by atoms with Crippen LogP contribution in [0.3, 0.4) is 0 Å². The molecule has 3 atom stereocenters. The first-order valence-electron chi connectivity index (χ1n) is 34.6. The quantitative estimate of drug-likeness (QED) is 0.0136. The number of ketones is 1. The van der Waals surface area contributed by atoms with E-state index >= 15 is 0 Å². The first-order chi connectivity index (χ1) is 45.8. The average Bonchev–Trinajstić information content (AvgIpc) is 1.19. The number of sulfonamides is 1. The maximum absolute atomic E-state index is 14.2. The van der Waals surface area contributed by atoms with Crippen LogP contribution in [0, 0.1) is 51.5 Å². The van der Waals surface area contributed by atoms with E-state index in [1.165, 1.54) is 30.0 Å². The van der Waals surface area contributed by atoms with Gasteiger partial charge in [-0.1, -0.05) is 99.8 Å². The summed E-state index contributed by atoms with van der Waals surface area (Å²) in [5.41, 5.74) is 6.72. The van der Waals surface area contributed by atoms with Crippen molar-refractivity contribution >= 4 is 59.7 Å². The van der Waals surface area contributed by atoms with E-state index in [0.29, 0.717) is 101 Å². The highest BCUT2D eigenvalue weighted by Gasteiger charge is 2.36. The molecule has 3 saturated carbocycles. The van der Waals surface area contributed by atoms with Crippen molar-refractivity contribution in [1.82, 2.24) is 20.3 Å². The number of amides is 3. The number of ether oxygens (including phenoxy) is 4. The minimum absolute atomic E-state index is 0.0206. The number of hydrogen-bond acceptors (Lipinski definition) is 17. The van der Waals surface area contributed by atoms with Gasteiger partial charge in [-0.25, -0.2) is 52.7 Å². The van der Waals surface area contributed by atoms with Crippen LogP contribution >= 0.6 is 0 Å². The maximum Gasteiger partial charge on any atom is 0.371 e. The highest BCUT2D eigenvalue weighted by Crippen LogP contribution is 2.42. The Bertz CT molecular complexity index is 3380. The molecule has 4 aliphatic rings. The number of nitrogens with zero attached hydrogens (tertiary/aromatic N) is 1. The second-order valence-electron chi connectivity index (χ2n) is 29.6. The van der Waals surface area contributed by atoms with Gasteiger partial charge in [0.05, 0.1) is 67.8 Å². The molecule has 4 fully saturated rings. The molecule has 0 aromatic heterocycles. The van der Waals surface area contributed by atoms with Crippen molar-refractivity contribution in [3.05, 3.63) is 88.7 Å². The van der Waals surface area contributed by atoms with Crippen LogP contribution in [0.5, 0.6) is 17.2 Å². The van der Waals surface area contributed by atoms with Gasteiger partial charge in [0, 0.05) is 18.4 Å². The molecule has 1 aliphatic heterocycles. The standard InChI is InChI=1S/C24H35FN2O5S.C24H38FNO4S.C20H33FN2O3S.C4H6O3/c1-24(2,3)19(18-9-10-20(25)21(13-18)32-15-17-7-8-17)16-33(30,31)12-6-4-5-11-27-14-22(28)26-23(27)29;1-18(27)15-26-12-6-5-7-13-31(28,29)17-21(24(2,3)4)20-10-11-22(25)23(14-20)30-16-19-8-9-19;1-20(2,3)19(23-27(24,25)12-6-4-5-11-22)16-9-10-17(21)18(13-16)26-14-15-7-8-15;1-2-7-4(6)3-5/h9-10,13,17,19H,4-8,11-12,14-16H2,1-3H3,(H,26,28,29);10-11,14,19,21,26H,5-9,12-13,15-17H2,1-4H3;9-10,13,15,19,23H,4-8,11-12,14,22H2,1-3H3;3H,2H2,1H3. The van der Waals surface area contributed by atoms with Crippen molar-refractivity contribution in [2.24, 2.45) is 39.7 Å². The van der Waals surface area contributed by atoms with Crippen LogP contribution in [0.15, 0.2) is 54.6 Å². The van der Waals surface area contributed by atoms with Gasteiger partial charge in [-0.3, -0.25) is 19.7 Å². The highest BCUT2D eigenvalue weighted by atomic mass is 32.2. The molecule has 3 aliphatic carbocycles. The summed E-state index contributed by atoms with van der Waals surface area (Å²) >= 11 is 0. The number of hydrogen-bond donors (Lipinski definition) is 4. The summed E-state index contributed by atoms with van der Waals surface area (Å²) in [5.74, 6) is -0.438. The van der Waals surface area contributed by atoms with Gasteiger partial charge >= 0.3 is 12.0 Å². The first-order valence-corrected chi connectivity index (χ1v) is 39.9. The van der Waals surface area contributed by atoms with E-state index in [-0.39, 0.29) is 111 Å². The lowest BCUT2D eigenvalue weighted by molar-refractivity contribution is -0.148. The number of sulfone groups is 2. The molecule has 0 spiro atoms. The number of esters is 1. The lowest BCUT2D eigenvalue weighted by Gasteiger charge is -2.32. The molecule has 98 heavy (non-hydrogen) atoms. The number of carbonyl (C=O) groups is 5. The van der Waals surface area contributed by atoms with E-state index in [0.717, 1.165) is 75.3 Å². The van der Waals surface area contributed by atoms with Gasteiger partial charge in [0.25, 0.3) is 0 Å². The van der Waals surface area contributed by atoms with Gasteiger partial charge in [0.1, 0.15) is 12.3 Å². The fraction of sp³-hybridized carbons (Fsp3) is 0.681. The zero-order valence-electron chi connectivity index (χ0n) is 59.8. The Hall–Kier alpha value is -5.67. The predicted octanol–water partition coefficient (Wildman–Crippen LogP) is 11.9. The van der Waals surface area contributed by atoms with Gasteiger partial charge in [-0.15, -0.1) is 0 Å². The van der Waals surface area contributed by atoms with Gasteiger partial charge in [0.2, 0.25) is 22.2 Å². The number of halogens is 3. The monoisotopic (exact) mass is 1440 g/mol. The number of nitrogens with one attached hydrogen (secondary N) is 3. The van der Waals surface area contributed by atoms with E-state index in [2.05, 4.69) is 20.1 Å². The molecule has 0 radical (unpaired) electrons. The normalized spacial score (nSPS) is 16.0. The fourth-order valence-corrected chi connectivity index (χ4v) is 16.2. The first kappa shape index (κ1) is 84.7. The molecular formula is C72H112F3N5O15S3. The smallest absolute Gasteiger partial charge is 0.371 e. The zero-order valence-corrected chi connectivity index (χ0v) is 62.2. The summed E-state index contributed by atoms with van der Waals surface area (Å²) < 4.78 is 143. The van der Waals surface area contributed by atoms with Crippen molar-refractivity contribution in [3.8, 4) is 17.2 Å². The van der Waals surface area contributed by atoms with Crippen molar-refractivity contribution in [1.29, 1.82) is 0 Å². The molecular weight excluding hydrogens is 1330 g/mol. The molecule has 26 heteroatoms. The summed E-state index contributed by atoms with van der Waals surface area (Å²) in [6, 6.07) is 13.2. The number of nitrogens with two attached hydrogens (primary N) is 1. The largest absolute Gasteiger partial charge is 0.490 e. The number of imide groups is 1. The number of rotatable bonds is 39. The predicted molar refractivity (Wildman–Crippen MR) is 377 cm³/mol. The van der Waals surface area contributed by atoms with Crippen molar-refractivity contribution in [2.75, 3.05) is 87.9 Å². The number of aldehydes is 1. The Kier molecular flexibility index (Phi) is 34.7. The minimum atomic E-state index is -3.46. The van der Waals surface area contributed by atoms with Gasteiger partial charge < -0.3 is 34.9 Å². The number of unbranched alkanes of at least 4 members (excludes halogenated alkanes) is 6. The van der Waals surface area contributed by atoms with Crippen LogP contribution in [-0.4, -0.2) is 148 Å². The maximum atomic E-state index is 14.2. The van der Waals surface area contributed by atoms with E-state index in [9.17, 15) is 62.4 Å². The second-order valence-corrected chi connectivity index (χ2v) is 36.0. The van der Waals surface area contributed by atoms with Gasteiger partial charge in [-0.05, 0) is 191 Å². The van der Waals surface area contributed by atoms with Crippen LogP contribution in [0.1, 0.15) is 207 Å². The lowest BCUT2D eigenvalue weighted by atomic mass is 9.77. The summed E-state index contributed by atoms with van der Waals surface area (Å²) in [7, 11) is -10.1. The molecule has 1 saturated heterocycles. The SMILES string of the molecule is CC(=O)CNCCCCCS(=O)(=O)CC(c1ccc(F)c(OCC2CC2)c1)C(C)(C)C.CC(C)(C)C(CS(=O)(=O)CCCCCN1CC(=O)NC1=O)c1ccc(F)c(OCC2CC2)c1.CC(C)(C)C(NS(=O)(=O)CCCCCN)c1ccc(F)c(OCC2CC2)c1.CCOC(=O)C=O. The summed E-state index contributed by atoms with van der Waals surface area (Å²) in [5, 5.41) is 5.27. The van der Waals surface area contributed by atoms with Crippen LogP contribution in [0.25, 0.3) is 0 Å². The van der Waals surface area contributed by atoms with E-state index in [1.807, 2.05) is 62.3 Å². The molecule has 0 bridgehead atoms. The summed E-state index contributed by atoms with van der Waals surface area (Å²) in [4.78, 5) is 54.3. The molecule has 3 amide bonds. The molecule has 3 aromatic carbocycles. The molecule has 20 nitrogen and oxygen atoms in total. The molecule has 1 heterocycles. The van der Waals surface area contributed by atoms with Crippen molar-refractivity contribution in [2.45, 2.75) is 190 Å². The Morgan fingerprint density at radius 3 is 1.40 bits per heavy atom. The molecule has 3 aromatic rings. The lowest BCUT2D eigenvalue weighted by Crippen LogP contribution is -2.38. The Morgan fingerprint density at radius 1 is 0.612 bits per heavy atom. The van der Waals surface area contributed by atoms with E-state index in [1.54, 1.807) is 43.3 Å². The number of urea groups is 1. The number of benzene rings is 3. The summed E-state index contributed by atoms with van der Waals surface area (Å²) in [6.45, 7) is 25.0. The van der Waals surface area contributed by atoms with E-state index < -0.39 is 59.2 Å². The minimum Gasteiger partial charge on any atom is -0.490 e. The van der Waals surface area contributed by atoms with Crippen LogP contribution in [0.2, 0.25) is 0 Å². The zero-order chi connectivity index (χ0) is 73.1. The summed E-state index contributed by atoms with van der Waals surface area (Å²) in [6.07, 6.45) is 13.0. The molecule has 554 valence electrons. The molecule has 7 rings (SSSR count). The average molecular weight is 1440 g/mol. The third kappa shape index (κ3) is 33.7. The number of Topliss-reactive ketones (excluding diaryl/α,β-unsaturated/α-hetero) is 1. The third-order valence-electron chi connectivity index (χ3n) is 17.0. The fourth-order valence-electron chi connectivity index (χ4n) is 10.6. The van der Waals surface area contributed by atoms with Crippen molar-refractivity contribution in [3.63, 3.8) is 0 Å². The Labute approximate surface area is 582 Å². The van der Waals surface area contributed by atoms with Gasteiger partial charge in [-0.2, -0.15) is 0 Å². The Morgan fingerprint density at radius 2 is 1.03 bits per heavy atom. The van der Waals surface area contributed by atoms with Crippen molar-refractivity contribution < 1.29 is 81.3 Å². The third-order valence-corrected chi connectivity index (χ3v) is 22.0. The van der Waals surface area contributed by atoms with Crippen LogP contribution in [0.4, 0.5) is 18.0 Å². The highest BCUT2D eigenvalue weighted by molar-refractivity contribution is 7.91. The Balaban J connectivity index is 0.000000298.